The molecule has 0 aliphatic carbocycles. The predicted octanol–water partition coefficient (Wildman–Crippen LogP) is 0.205. The molecule has 68 valence electrons. The SMILES string of the molecule is CC(CCc1cnn(C)c1)NN. The molecule has 0 amide bonds. The van der Waals surface area contributed by atoms with Gasteiger partial charge in [0, 0.05) is 19.3 Å². The molecule has 0 fully saturated rings. The molecule has 4 nitrogen and oxygen atoms in total. The summed E-state index contributed by atoms with van der Waals surface area (Å²) in [7, 11) is 1.92. The van der Waals surface area contributed by atoms with Crippen LogP contribution in [-0.2, 0) is 13.5 Å². The molecule has 0 spiro atoms. The van der Waals surface area contributed by atoms with Crippen molar-refractivity contribution < 1.29 is 0 Å². The molecule has 1 aromatic heterocycles. The minimum absolute atomic E-state index is 0.366. The van der Waals surface area contributed by atoms with Crippen molar-refractivity contribution in [3.63, 3.8) is 0 Å². The van der Waals surface area contributed by atoms with Crippen molar-refractivity contribution in [2.75, 3.05) is 0 Å². The molecule has 1 unspecified atom stereocenters. The standard InChI is InChI=1S/C8H16N4/c1-7(11-9)3-4-8-5-10-12(2)6-8/h5-7,11H,3-4,9H2,1-2H3. The summed E-state index contributed by atoms with van der Waals surface area (Å²) in [5, 5.41) is 4.09. The van der Waals surface area contributed by atoms with Gasteiger partial charge in [-0.25, -0.2) is 0 Å². The Hall–Kier alpha value is -0.870. The molecule has 4 heteroatoms. The minimum Gasteiger partial charge on any atom is -0.276 e. The molecule has 0 bridgehead atoms. The van der Waals surface area contributed by atoms with Gasteiger partial charge < -0.3 is 0 Å². The Bertz CT molecular complexity index is 231. The van der Waals surface area contributed by atoms with Crippen molar-refractivity contribution in [3.8, 4) is 0 Å². The van der Waals surface area contributed by atoms with Crippen LogP contribution in [0, 0.1) is 0 Å². The molecule has 0 aromatic carbocycles. The molecule has 12 heavy (non-hydrogen) atoms. The maximum Gasteiger partial charge on any atom is 0.0521 e. The van der Waals surface area contributed by atoms with Gasteiger partial charge in [0.2, 0.25) is 0 Å². The summed E-state index contributed by atoms with van der Waals surface area (Å²) in [6, 6.07) is 0.366. The van der Waals surface area contributed by atoms with Gasteiger partial charge in [-0.2, -0.15) is 5.10 Å². The average Bonchev–Trinajstić information content (AvgIpc) is 2.47. The zero-order valence-electron chi connectivity index (χ0n) is 7.62. The Morgan fingerprint density at radius 2 is 2.50 bits per heavy atom. The Morgan fingerprint density at radius 3 is 3.00 bits per heavy atom. The fourth-order valence-electron chi connectivity index (χ4n) is 1.07. The molecule has 0 saturated heterocycles. The van der Waals surface area contributed by atoms with Crippen molar-refractivity contribution in [3.05, 3.63) is 18.0 Å². The Kier molecular flexibility index (Phi) is 3.25. The molecule has 0 aliphatic rings. The Morgan fingerprint density at radius 1 is 1.75 bits per heavy atom. The van der Waals surface area contributed by atoms with Crippen LogP contribution in [0.1, 0.15) is 18.9 Å². The van der Waals surface area contributed by atoms with Crippen LogP contribution in [0.4, 0.5) is 0 Å². The highest BCUT2D eigenvalue weighted by Gasteiger charge is 2.00. The van der Waals surface area contributed by atoms with Gasteiger partial charge in [-0.3, -0.25) is 16.0 Å². The maximum absolute atomic E-state index is 5.27. The molecule has 3 N–H and O–H groups in total. The highest BCUT2D eigenvalue weighted by Crippen LogP contribution is 2.02. The summed E-state index contributed by atoms with van der Waals surface area (Å²) >= 11 is 0. The molecule has 1 atom stereocenters. The summed E-state index contributed by atoms with van der Waals surface area (Å²) in [6.07, 6.45) is 5.99. The van der Waals surface area contributed by atoms with Crippen LogP contribution in [0.3, 0.4) is 0 Å². The first-order valence-corrected chi connectivity index (χ1v) is 4.16. The van der Waals surface area contributed by atoms with E-state index in [1.54, 1.807) is 0 Å². The third-order valence-corrected chi connectivity index (χ3v) is 1.91. The van der Waals surface area contributed by atoms with Crippen molar-refractivity contribution in [2.24, 2.45) is 12.9 Å². The van der Waals surface area contributed by atoms with E-state index < -0.39 is 0 Å². The van der Waals surface area contributed by atoms with Crippen LogP contribution in [0.25, 0.3) is 0 Å². The molecule has 0 aliphatic heterocycles. The maximum atomic E-state index is 5.27. The second-order valence-electron chi connectivity index (χ2n) is 3.13. The smallest absolute Gasteiger partial charge is 0.0521 e. The Labute approximate surface area is 72.7 Å². The van der Waals surface area contributed by atoms with Gasteiger partial charge in [0.1, 0.15) is 0 Å². The van der Waals surface area contributed by atoms with Crippen LogP contribution in [0.2, 0.25) is 0 Å². The van der Waals surface area contributed by atoms with E-state index in [0.29, 0.717) is 6.04 Å². The average molecular weight is 168 g/mol. The highest BCUT2D eigenvalue weighted by molar-refractivity contribution is 5.03. The van der Waals surface area contributed by atoms with Crippen LogP contribution in [0.5, 0.6) is 0 Å². The summed E-state index contributed by atoms with van der Waals surface area (Å²) < 4.78 is 1.82. The predicted molar refractivity (Wildman–Crippen MR) is 48.3 cm³/mol. The third kappa shape index (κ3) is 2.64. The lowest BCUT2D eigenvalue weighted by molar-refractivity contribution is 0.532. The van der Waals surface area contributed by atoms with E-state index >= 15 is 0 Å². The van der Waals surface area contributed by atoms with Crippen LogP contribution in [0.15, 0.2) is 12.4 Å². The van der Waals surface area contributed by atoms with E-state index in [-0.39, 0.29) is 0 Å². The largest absolute Gasteiger partial charge is 0.276 e. The number of nitrogens with two attached hydrogens (primary N) is 1. The second kappa shape index (κ2) is 4.23. The first-order chi connectivity index (χ1) is 5.72. The Balaban J connectivity index is 2.33. The number of hydrogen-bond donors (Lipinski definition) is 2. The highest BCUT2D eigenvalue weighted by atomic mass is 15.2. The molecular weight excluding hydrogens is 152 g/mol. The number of rotatable bonds is 4. The van der Waals surface area contributed by atoms with Gasteiger partial charge >= 0.3 is 0 Å². The van der Waals surface area contributed by atoms with Gasteiger partial charge in [-0.05, 0) is 25.3 Å². The zero-order valence-corrected chi connectivity index (χ0v) is 7.62. The van der Waals surface area contributed by atoms with E-state index in [1.807, 2.05) is 24.1 Å². The molecule has 1 heterocycles. The normalized spacial score (nSPS) is 13.2. The topological polar surface area (TPSA) is 55.9 Å². The van der Waals surface area contributed by atoms with E-state index in [9.17, 15) is 0 Å². The second-order valence-corrected chi connectivity index (χ2v) is 3.13. The number of hydrogen-bond acceptors (Lipinski definition) is 3. The lowest BCUT2D eigenvalue weighted by atomic mass is 10.1. The van der Waals surface area contributed by atoms with Gasteiger partial charge in [-0.1, -0.05) is 0 Å². The summed E-state index contributed by atoms with van der Waals surface area (Å²) in [4.78, 5) is 0. The molecular formula is C8H16N4. The summed E-state index contributed by atoms with van der Waals surface area (Å²) in [5.41, 5.74) is 3.98. The van der Waals surface area contributed by atoms with Gasteiger partial charge in [-0.15, -0.1) is 0 Å². The number of nitrogens with one attached hydrogen (secondary N) is 1. The summed E-state index contributed by atoms with van der Waals surface area (Å²) in [6.45, 7) is 2.07. The molecule has 1 aromatic rings. The van der Waals surface area contributed by atoms with Crippen LogP contribution in [-0.4, -0.2) is 15.8 Å². The third-order valence-electron chi connectivity index (χ3n) is 1.91. The number of hydrazine groups is 1. The van der Waals surface area contributed by atoms with Crippen molar-refractivity contribution in [1.29, 1.82) is 0 Å². The van der Waals surface area contributed by atoms with Crippen LogP contribution < -0.4 is 11.3 Å². The van der Waals surface area contributed by atoms with Crippen molar-refractivity contribution in [2.45, 2.75) is 25.8 Å². The van der Waals surface area contributed by atoms with Crippen molar-refractivity contribution in [1.82, 2.24) is 15.2 Å². The lowest BCUT2D eigenvalue weighted by Gasteiger charge is -2.07. The number of aromatic nitrogens is 2. The lowest BCUT2D eigenvalue weighted by Crippen LogP contribution is -2.32. The number of nitrogens with zero attached hydrogens (tertiary/aromatic N) is 2. The zero-order chi connectivity index (χ0) is 8.97. The first-order valence-electron chi connectivity index (χ1n) is 4.16. The molecule has 0 radical (unpaired) electrons. The van der Waals surface area contributed by atoms with E-state index in [2.05, 4.69) is 17.4 Å². The monoisotopic (exact) mass is 168 g/mol. The van der Waals surface area contributed by atoms with Gasteiger partial charge in [0.25, 0.3) is 0 Å². The quantitative estimate of drug-likeness (QED) is 0.499. The number of aryl methyl sites for hydroxylation is 2. The fraction of sp³-hybridized carbons (Fsp3) is 0.625. The van der Waals surface area contributed by atoms with Crippen molar-refractivity contribution >= 4 is 0 Å². The first kappa shape index (κ1) is 9.22. The van der Waals surface area contributed by atoms with Gasteiger partial charge in [0.05, 0.1) is 6.20 Å². The fourth-order valence-corrected chi connectivity index (χ4v) is 1.07. The van der Waals surface area contributed by atoms with Gasteiger partial charge in [0.15, 0.2) is 0 Å². The van der Waals surface area contributed by atoms with E-state index in [1.165, 1.54) is 5.56 Å². The summed E-state index contributed by atoms with van der Waals surface area (Å²) in [5.74, 6) is 5.27. The molecule has 0 saturated carbocycles. The van der Waals surface area contributed by atoms with E-state index in [4.69, 9.17) is 5.84 Å². The minimum atomic E-state index is 0.366. The van der Waals surface area contributed by atoms with Crippen LogP contribution >= 0.6 is 0 Å². The van der Waals surface area contributed by atoms with E-state index in [0.717, 1.165) is 12.8 Å². The molecule has 1 rings (SSSR count).